The number of ether oxygens (including phenoxy) is 1. The molecule has 0 aliphatic carbocycles. The topological polar surface area (TPSA) is 86.5 Å². The minimum Gasteiger partial charge on any atom is -0.459 e. The van der Waals surface area contributed by atoms with Crippen LogP contribution in [0.3, 0.4) is 0 Å². The fraction of sp³-hybridized carbons (Fsp3) is 0.562. The Balaban J connectivity index is 2.67. The van der Waals surface area contributed by atoms with Crippen LogP contribution in [-0.2, 0) is 14.8 Å². The predicted molar refractivity (Wildman–Crippen MR) is 86.9 cm³/mol. The maximum absolute atomic E-state index is 12.1. The molecule has 0 aliphatic rings. The molecule has 0 radical (unpaired) electrons. The number of hydrogen-bond acceptors (Lipinski definition) is 4. The predicted octanol–water partition coefficient (Wildman–Crippen LogP) is 2.72. The number of esters is 1. The van der Waals surface area contributed by atoms with Crippen molar-refractivity contribution in [3.63, 3.8) is 0 Å². The summed E-state index contributed by atoms with van der Waals surface area (Å²) in [6.45, 7) is 6.15. The quantitative estimate of drug-likeness (QED) is 0.780. The highest BCUT2D eigenvalue weighted by Crippen LogP contribution is 2.25. The Bertz CT molecular complexity index is 576. The molecule has 0 aromatic heterocycles. The van der Waals surface area contributed by atoms with E-state index in [1.807, 2.05) is 6.07 Å². The summed E-state index contributed by atoms with van der Waals surface area (Å²) in [6, 6.07) is 8.77. The van der Waals surface area contributed by atoms with E-state index in [4.69, 9.17) is 9.88 Å². The van der Waals surface area contributed by atoms with Gasteiger partial charge in [-0.25, -0.2) is 18.4 Å². The van der Waals surface area contributed by atoms with Gasteiger partial charge in [-0.15, -0.1) is 0 Å². The molecule has 6 heteroatoms. The number of carbonyl (C=O) groups is 1. The molecule has 0 fully saturated rings. The molecule has 124 valence electrons. The van der Waals surface area contributed by atoms with Crippen molar-refractivity contribution in [1.82, 2.24) is 0 Å². The fourth-order valence-electron chi connectivity index (χ4n) is 2.19. The molecule has 0 saturated carbocycles. The monoisotopic (exact) mass is 327 g/mol. The maximum atomic E-state index is 12.1. The lowest BCUT2D eigenvalue weighted by molar-refractivity contribution is 0.0177. The van der Waals surface area contributed by atoms with Crippen molar-refractivity contribution in [2.45, 2.75) is 46.1 Å². The summed E-state index contributed by atoms with van der Waals surface area (Å²) >= 11 is 0. The van der Waals surface area contributed by atoms with Crippen LogP contribution in [0.5, 0.6) is 0 Å². The van der Waals surface area contributed by atoms with Gasteiger partial charge in [0, 0.05) is 0 Å². The fourth-order valence-corrected chi connectivity index (χ4v) is 2.76. The number of sulfonamides is 1. The van der Waals surface area contributed by atoms with E-state index in [-0.39, 0.29) is 23.2 Å². The van der Waals surface area contributed by atoms with Gasteiger partial charge in [0.1, 0.15) is 6.10 Å². The van der Waals surface area contributed by atoms with Gasteiger partial charge in [0.2, 0.25) is 10.0 Å². The smallest absolute Gasteiger partial charge is 0.338 e. The zero-order valence-electron chi connectivity index (χ0n) is 13.4. The summed E-state index contributed by atoms with van der Waals surface area (Å²) in [5.74, 6) is -0.485. The van der Waals surface area contributed by atoms with Gasteiger partial charge in [-0.05, 0) is 36.8 Å². The van der Waals surface area contributed by atoms with E-state index >= 15 is 0 Å². The first-order valence-corrected chi connectivity index (χ1v) is 9.05. The van der Waals surface area contributed by atoms with E-state index in [1.54, 1.807) is 24.3 Å². The van der Waals surface area contributed by atoms with Gasteiger partial charge in [-0.2, -0.15) is 0 Å². The Hall–Kier alpha value is -1.40. The molecule has 0 aliphatic heterocycles. The van der Waals surface area contributed by atoms with Crippen LogP contribution >= 0.6 is 0 Å². The highest BCUT2D eigenvalue weighted by Gasteiger charge is 2.23. The Morgan fingerprint density at radius 3 is 2.32 bits per heavy atom. The third-order valence-corrected chi connectivity index (χ3v) is 3.94. The number of rotatable bonds is 7. The molecule has 0 heterocycles. The number of nitrogens with two attached hydrogens (primary N) is 1. The van der Waals surface area contributed by atoms with Crippen LogP contribution in [0.2, 0.25) is 0 Å². The molecule has 0 spiro atoms. The van der Waals surface area contributed by atoms with Crippen LogP contribution in [0.1, 0.15) is 50.4 Å². The van der Waals surface area contributed by atoms with Crippen molar-refractivity contribution in [3.8, 4) is 0 Å². The zero-order valence-corrected chi connectivity index (χ0v) is 14.2. The SMILES string of the molecule is CC(C)(C)CC(CCCS(N)(=O)=O)OC(=O)c1ccccc1. The molecule has 1 rings (SSSR count). The summed E-state index contributed by atoms with van der Waals surface area (Å²) in [7, 11) is -3.48. The van der Waals surface area contributed by atoms with Gasteiger partial charge in [-0.1, -0.05) is 39.0 Å². The summed E-state index contributed by atoms with van der Waals surface area (Å²) < 4.78 is 27.6. The number of primary sulfonamides is 1. The van der Waals surface area contributed by atoms with E-state index in [1.165, 1.54) is 0 Å². The number of hydrogen-bond donors (Lipinski definition) is 1. The van der Waals surface area contributed by atoms with Crippen LogP contribution in [0.25, 0.3) is 0 Å². The molecule has 0 bridgehead atoms. The van der Waals surface area contributed by atoms with E-state index in [0.717, 1.165) is 0 Å². The first-order valence-electron chi connectivity index (χ1n) is 7.33. The average molecular weight is 327 g/mol. The minimum atomic E-state index is -3.48. The lowest BCUT2D eigenvalue weighted by Gasteiger charge is -2.26. The van der Waals surface area contributed by atoms with E-state index in [0.29, 0.717) is 24.8 Å². The van der Waals surface area contributed by atoms with Crippen LogP contribution in [-0.4, -0.2) is 26.2 Å². The van der Waals surface area contributed by atoms with Crippen molar-refractivity contribution < 1.29 is 17.9 Å². The first-order chi connectivity index (χ1) is 10.1. The van der Waals surface area contributed by atoms with E-state index < -0.39 is 10.0 Å². The van der Waals surface area contributed by atoms with Crippen LogP contribution < -0.4 is 5.14 Å². The average Bonchev–Trinajstić information content (AvgIpc) is 2.36. The summed E-state index contributed by atoms with van der Waals surface area (Å²) in [4.78, 5) is 12.1. The molecule has 22 heavy (non-hydrogen) atoms. The maximum Gasteiger partial charge on any atom is 0.338 e. The lowest BCUT2D eigenvalue weighted by atomic mass is 9.88. The van der Waals surface area contributed by atoms with Crippen molar-refractivity contribution in [2.75, 3.05) is 5.75 Å². The third-order valence-electron chi connectivity index (χ3n) is 3.08. The molecule has 1 aromatic rings. The minimum absolute atomic E-state index is 0.0246. The molecule has 1 atom stereocenters. The lowest BCUT2D eigenvalue weighted by Crippen LogP contribution is -2.25. The van der Waals surface area contributed by atoms with Gasteiger partial charge in [0.05, 0.1) is 11.3 Å². The molecule has 5 nitrogen and oxygen atoms in total. The zero-order chi connectivity index (χ0) is 16.8. The van der Waals surface area contributed by atoms with E-state index in [9.17, 15) is 13.2 Å². The normalized spacial score (nSPS) is 13.6. The van der Waals surface area contributed by atoms with Gasteiger partial charge < -0.3 is 4.74 Å². The molecule has 1 unspecified atom stereocenters. The molecule has 0 amide bonds. The standard InChI is InChI=1S/C16H25NO4S/c1-16(2,3)12-14(10-7-11-22(17,19)20)21-15(18)13-8-5-4-6-9-13/h4-6,8-9,14H,7,10-12H2,1-3H3,(H2,17,19,20). The Morgan fingerprint density at radius 1 is 1.23 bits per heavy atom. The van der Waals surface area contributed by atoms with Crippen molar-refractivity contribution >= 4 is 16.0 Å². The summed E-state index contributed by atoms with van der Waals surface area (Å²) in [5.41, 5.74) is 0.469. The summed E-state index contributed by atoms with van der Waals surface area (Å²) in [6.07, 6.45) is 1.19. The molecule has 0 saturated heterocycles. The third kappa shape index (κ3) is 8.14. The van der Waals surface area contributed by atoms with Crippen LogP contribution in [0.4, 0.5) is 0 Å². The van der Waals surface area contributed by atoms with Gasteiger partial charge in [0.15, 0.2) is 0 Å². The Labute approximate surface area is 132 Å². The molecule has 1 aromatic carbocycles. The second-order valence-corrected chi connectivity index (χ2v) is 8.40. The van der Waals surface area contributed by atoms with Gasteiger partial charge in [0.25, 0.3) is 0 Å². The molecular formula is C16H25NO4S. The highest BCUT2D eigenvalue weighted by atomic mass is 32.2. The summed E-state index contributed by atoms with van der Waals surface area (Å²) in [5, 5.41) is 5.01. The Morgan fingerprint density at radius 2 is 1.82 bits per heavy atom. The second kappa shape index (κ2) is 7.74. The van der Waals surface area contributed by atoms with Gasteiger partial charge >= 0.3 is 5.97 Å². The number of benzene rings is 1. The van der Waals surface area contributed by atoms with Gasteiger partial charge in [-0.3, -0.25) is 0 Å². The molecule has 2 N–H and O–H groups in total. The number of carbonyl (C=O) groups excluding carboxylic acids is 1. The second-order valence-electron chi connectivity index (χ2n) is 6.67. The van der Waals surface area contributed by atoms with Crippen LogP contribution in [0.15, 0.2) is 30.3 Å². The largest absolute Gasteiger partial charge is 0.459 e. The van der Waals surface area contributed by atoms with Crippen LogP contribution in [0, 0.1) is 5.41 Å². The van der Waals surface area contributed by atoms with Crippen molar-refractivity contribution in [3.05, 3.63) is 35.9 Å². The Kier molecular flexibility index (Phi) is 6.56. The molecular weight excluding hydrogens is 302 g/mol. The highest BCUT2D eigenvalue weighted by molar-refractivity contribution is 7.89. The van der Waals surface area contributed by atoms with E-state index in [2.05, 4.69) is 20.8 Å². The van der Waals surface area contributed by atoms with Crippen molar-refractivity contribution in [2.24, 2.45) is 10.6 Å². The van der Waals surface area contributed by atoms with Crippen molar-refractivity contribution in [1.29, 1.82) is 0 Å². The first kappa shape index (κ1) is 18.6.